The minimum Gasteiger partial charge on any atom is -0.323 e. The molecule has 4 aromatic rings. The van der Waals surface area contributed by atoms with Crippen LogP contribution in [-0.2, 0) is 0 Å². The fourth-order valence-electron chi connectivity index (χ4n) is 2.36. The van der Waals surface area contributed by atoms with E-state index in [0.29, 0.717) is 5.39 Å². The van der Waals surface area contributed by atoms with Crippen molar-refractivity contribution in [3.63, 3.8) is 0 Å². The lowest BCUT2D eigenvalue weighted by atomic mass is 10.2. The first-order valence-corrected chi connectivity index (χ1v) is 8.13. The largest absolute Gasteiger partial charge is 0.323 e. The lowest BCUT2D eigenvalue weighted by molar-refractivity contribution is 1.04. The molecular weight excluding hydrogens is 324 g/mol. The van der Waals surface area contributed by atoms with E-state index < -0.39 is 0 Å². The Morgan fingerprint density at radius 2 is 2.00 bits per heavy atom. The third-order valence-electron chi connectivity index (χ3n) is 3.45. The first-order chi connectivity index (χ1) is 11.7. The molecule has 0 radical (unpaired) electrons. The second-order valence-corrected chi connectivity index (χ2v) is 6.40. The van der Waals surface area contributed by atoms with Gasteiger partial charge >= 0.3 is 0 Å². The molecule has 0 bridgehead atoms. The van der Waals surface area contributed by atoms with Gasteiger partial charge in [-0.15, -0.1) is 0 Å². The van der Waals surface area contributed by atoms with Crippen LogP contribution in [0, 0.1) is 6.92 Å². The van der Waals surface area contributed by atoms with E-state index in [1.807, 2.05) is 49.4 Å². The second-order valence-electron chi connectivity index (χ2n) is 5.31. The quantitative estimate of drug-likeness (QED) is 0.458. The van der Waals surface area contributed by atoms with Gasteiger partial charge in [-0.25, -0.2) is 4.98 Å². The SMILES string of the molecule is Cc1cc(Nc2cccc(Sc3ccc4c(=O)[nH][nH]c4c3)n2)n[nH]1. The van der Waals surface area contributed by atoms with Crippen LogP contribution in [0.25, 0.3) is 10.9 Å². The molecule has 3 aromatic heterocycles. The zero-order valence-electron chi connectivity index (χ0n) is 12.8. The number of hydrogen-bond donors (Lipinski definition) is 4. The summed E-state index contributed by atoms with van der Waals surface area (Å²) >= 11 is 1.53. The summed E-state index contributed by atoms with van der Waals surface area (Å²) in [5, 5.41) is 17.1. The number of nitrogens with one attached hydrogen (secondary N) is 4. The highest BCUT2D eigenvalue weighted by Crippen LogP contribution is 2.28. The molecule has 0 fully saturated rings. The normalized spacial score (nSPS) is 11.0. The summed E-state index contributed by atoms with van der Waals surface area (Å²) in [4.78, 5) is 17.1. The first-order valence-electron chi connectivity index (χ1n) is 7.32. The van der Waals surface area contributed by atoms with Crippen LogP contribution in [0.1, 0.15) is 5.69 Å². The molecule has 7 nitrogen and oxygen atoms in total. The van der Waals surface area contributed by atoms with Gasteiger partial charge in [0.1, 0.15) is 10.8 Å². The molecule has 0 aliphatic carbocycles. The van der Waals surface area contributed by atoms with E-state index in [2.05, 4.69) is 30.7 Å². The van der Waals surface area contributed by atoms with Gasteiger partial charge in [-0.05, 0) is 37.3 Å². The van der Waals surface area contributed by atoms with E-state index in [-0.39, 0.29) is 5.56 Å². The van der Waals surface area contributed by atoms with Crippen LogP contribution in [0.2, 0.25) is 0 Å². The van der Waals surface area contributed by atoms with Gasteiger partial charge < -0.3 is 5.32 Å². The molecule has 24 heavy (non-hydrogen) atoms. The van der Waals surface area contributed by atoms with Crippen molar-refractivity contribution in [1.82, 2.24) is 25.4 Å². The number of aryl methyl sites for hydroxylation is 1. The summed E-state index contributed by atoms with van der Waals surface area (Å²) in [6.45, 7) is 1.94. The smallest absolute Gasteiger partial charge is 0.271 e. The zero-order chi connectivity index (χ0) is 16.5. The molecule has 120 valence electrons. The third kappa shape index (κ3) is 2.91. The van der Waals surface area contributed by atoms with Crippen molar-refractivity contribution in [3.8, 4) is 0 Å². The van der Waals surface area contributed by atoms with Gasteiger partial charge in [0.25, 0.3) is 5.56 Å². The van der Waals surface area contributed by atoms with Crippen LogP contribution in [-0.4, -0.2) is 25.4 Å². The molecule has 0 saturated carbocycles. The van der Waals surface area contributed by atoms with E-state index in [9.17, 15) is 4.79 Å². The minimum absolute atomic E-state index is 0.111. The highest BCUT2D eigenvalue weighted by molar-refractivity contribution is 7.99. The lowest BCUT2D eigenvalue weighted by Gasteiger charge is -2.05. The van der Waals surface area contributed by atoms with Crippen LogP contribution in [0.15, 0.2) is 57.2 Å². The number of pyridine rings is 1. The molecule has 0 atom stereocenters. The number of nitrogens with zero attached hydrogens (tertiary/aromatic N) is 2. The summed E-state index contributed by atoms with van der Waals surface area (Å²) in [5.41, 5.74) is 1.66. The van der Waals surface area contributed by atoms with Crippen molar-refractivity contribution in [2.45, 2.75) is 16.8 Å². The fraction of sp³-hybridized carbons (Fsp3) is 0.0625. The Labute approximate surface area is 140 Å². The van der Waals surface area contributed by atoms with Crippen molar-refractivity contribution < 1.29 is 0 Å². The van der Waals surface area contributed by atoms with E-state index >= 15 is 0 Å². The molecule has 3 heterocycles. The third-order valence-corrected chi connectivity index (χ3v) is 4.38. The number of benzene rings is 1. The van der Waals surface area contributed by atoms with Crippen LogP contribution >= 0.6 is 11.8 Å². The van der Waals surface area contributed by atoms with Crippen molar-refractivity contribution in [1.29, 1.82) is 0 Å². The molecule has 0 aliphatic heterocycles. The van der Waals surface area contributed by atoms with E-state index in [4.69, 9.17) is 0 Å². The summed E-state index contributed by atoms with van der Waals surface area (Å²) in [6.07, 6.45) is 0. The molecule has 1 aromatic carbocycles. The molecule has 0 amide bonds. The van der Waals surface area contributed by atoms with Crippen LogP contribution in [0.4, 0.5) is 11.6 Å². The predicted octanol–water partition coefficient (Wildman–Crippen LogP) is 3.18. The molecule has 0 aliphatic rings. The van der Waals surface area contributed by atoms with E-state index in [0.717, 1.165) is 32.8 Å². The highest BCUT2D eigenvalue weighted by Gasteiger charge is 2.06. The highest BCUT2D eigenvalue weighted by atomic mass is 32.2. The van der Waals surface area contributed by atoms with Crippen LogP contribution in [0.3, 0.4) is 0 Å². The van der Waals surface area contributed by atoms with Gasteiger partial charge in [-0.3, -0.25) is 20.1 Å². The number of aromatic nitrogens is 5. The van der Waals surface area contributed by atoms with Gasteiger partial charge in [0.2, 0.25) is 0 Å². The monoisotopic (exact) mass is 338 g/mol. The Bertz CT molecular complexity index is 1060. The molecule has 0 unspecified atom stereocenters. The molecule has 4 N–H and O–H groups in total. The maximum atomic E-state index is 11.5. The Morgan fingerprint density at radius 1 is 1.08 bits per heavy atom. The molecule has 0 saturated heterocycles. The Kier molecular flexibility index (Phi) is 3.58. The predicted molar refractivity (Wildman–Crippen MR) is 93.9 cm³/mol. The minimum atomic E-state index is -0.111. The topological polar surface area (TPSA) is 102 Å². The second kappa shape index (κ2) is 5.89. The number of fused-ring (bicyclic) bond motifs is 1. The Balaban J connectivity index is 1.57. The zero-order valence-corrected chi connectivity index (χ0v) is 13.6. The molecule has 4 rings (SSSR count). The van der Waals surface area contributed by atoms with Crippen molar-refractivity contribution >= 4 is 34.3 Å². The standard InChI is InChI=1S/C16H14N6OS/c1-9-7-14(21-19-9)17-13-3-2-4-15(18-13)24-10-5-6-11-12(8-10)20-22-16(11)23/h2-8H,1H3,(H2,20,22,23)(H2,17,18,19,21). The average Bonchev–Trinajstić information content (AvgIpc) is 3.14. The van der Waals surface area contributed by atoms with E-state index in [1.165, 1.54) is 11.8 Å². The van der Waals surface area contributed by atoms with Crippen molar-refractivity contribution in [2.24, 2.45) is 0 Å². The molecule has 0 spiro atoms. The molecule has 8 heteroatoms. The number of anilines is 2. The Morgan fingerprint density at radius 3 is 2.83 bits per heavy atom. The Hall–Kier alpha value is -3.00. The van der Waals surface area contributed by atoms with Crippen molar-refractivity contribution in [2.75, 3.05) is 5.32 Å². The lowest BCUT2D eigenvalue weighted by Crippen LogP contribution is -1.96. The van der Waals surface area contributed by atoms with Gasteiger partial charge in [0.15, 0.2) is 5.82 Å². The average molecular weight is 338 g/mol. The first kappa shape index (κ1) is 14.6. The maximum absolute atomic E-state index is 11.5. The molecular formula is C16H14N6OS. The number of aromatic amines is 3. The summed E-state index contributed by atoms with van der Waals surface area (Å²) < 4.78 is 0. The van der Waals surface area contributed by atoms with Gasteiger partial charge in [0, 0.05) is 16.7 Å². The van der Waals surface area contributed by atoms with Gasteiger partial charge in [-0.2, -0.15) is 5.10 Å². The maximum Gasteiger partial charge on any atom is 0.271 e. The van der Waals surface area contributed by atoms with Crippen LogP contribution < -0.4 is 10.9 Å². The number of H-pyrrole nitrogens is 3. The van der Waals surface area contributed by atoms with Gasteiger partial charge in [0.05, 0.1) is 10.9 Å². The van der Waals surface area contributed by atoms with Crippen molar-refractivity contribution in [3.05, 3.63) is 58.5 Å². The summed E-state index contributed by atoms with van der Waals surface area (Å²) in [5.74, 6) is 1.45. The number of rotatable bonds is 4. The van der Waals surface area contributed by atoms with E-state index in [1.54, 1.807) is 0 Å². The number of hydrogen-bond acceptors (Lipinski definition) is 5. The summed E-state index contributed by atoms with van der Waals surface area (Å²) in [7, 11) is 0. The van der Waals surface area contributed by atoms with Gasteiger partial charge in [-0.1, -0.05) is 17.8 Å². The summed E-state index contributed by atoms with van der Waals surface area (Å²) in [6, 6.07) is 13.3. The fourth-order valence-corrected chi connectivity index (χ4v) is 3.20. The van der Waals surface area contributed by atoms with Crippen LogP contribution in [0.5, 0.6) is 0 Å².